The highest BCUT2D eigenvalue weighted by Gasteiger charge is 2.26. The van der Waals surface area contributed by atoms with Gasteiger partial charge in [0, 0.05) is 24.7 Å². The molecule has 0 bridgehead atoms. The largest absolute Gasteiger partial charge is 0.378 e. The maximum absolute atomic E-state index is 12.9. The van der Waals surface area contributed by atoms with Crippen LogP contribution in [-0.4, -0.2) is 20.9 Å². The Morgan fingerprint density at radius 3 is 2.43 bits per heavy atom. The van der Waals surface area contributed by atoms with Crippen molar-refractivity contribution in [1.29, 1.82) is 0 Å². The first-order valence-electron chi connectivity index (χ1n) is 8.96. The Morgan fingerprint density at radius 2 is 1.68 bits per heavy atom. The molecule has 0 aromatic heterocycles. The molecule has 0 spiro atoms. The second-order valence-corrected chi connectivity index (χ2v) is 8.16. The van der Waals surface area contributed by atoms with Gasteiger partial charge in [0.1, 0.15) is 4.90 Å². The topological polar surface area (TPSA) is 63.7 Å². The van der Waals surface area contributed by atoms with Crippen LogP contribution in [0.4, 0.5) is 5.69 Å². The third-order valence-corrected chi connectivity index (χ3v) is 6.02. The number of carbonyl (C=O) groups is 1. The summed E-state index contributed by atoms with van der Waals surface area (Å²) in [6.07, 6.45) is 0.715. The predicted molar refractivity (Wildman–Crippen MR) is 108 cm³/mol. The zero-order valence-electron chi connectivity index (χ0n) is 15.3. The fourth-order valence-electron chi connectivity index (χ4n) is 3.40. The summed E-state index contributed by atoms with van der Waals surface area (Å²) in [6.45, 7) is 2.04. The van der Waals surface area contributed by atoms with Gasteiger partial charge in [-0.1, -0.05) is 54.6 Å². The van der Waals surface area contributed by atoms with Gasteiger partial charge < -0.3 is 9.08 Å². The summed E-state index contributed by atoms with van der Waals surface area (Å²) in [7, 11) is -4.05. The minimum absolute atomic E-state index is 0.0299. The fraction of sp³-hybridized carbons (Fsp3) is 0.136. The third kappa shape index (κ3) is 3.39. The van der Waals surface area contributed by atoms with Crippen molar-refractivity contribution in [2.75, 3.05) is 11.4 Å². The molecule has 0 N–H and O–H groups in total. The van der Waals surface area contributed by atoms with Crippen molar-refractivity contribution >= 4 is 21.7 Å². The monoisotopic (exact) mass is 393 g/mol. The Hall–Kier alpha value is -3.12. The molecule has 0 radical (unpaired) electrons. The van der Waals surface area contributed by atoms with E-state index in [4.69, 9.17) is 4.18 Å². The third-order valence-electron chi connectivity index (χ3n) is 4.79. The Bertz CT molecular complexity index is 1140. The predicted octanol–water partition coefficient (Wildman–Crippen LogP) is 4.03. The molecule has 0 saturated carbocycles. The molecule has 1 heterocycles. The Labute approximate surface area is 164 Å². The second kappa shape index (κ2) is 7.13. The number of hydrogen-bond acceptors (Lipinski definition) is 4. The molecule has 28 heavy (non-hydrogen) atoms. The summed E-state index contributed by atoms with van der Waals surface area (Å²) in [5.41, 5.74) is 3.15. The number of carbonyl (C=O) groups excluding carboxylic acids is 1. The molecule has 6 heteroatoms. The fourth-order valence-corrected chi connectivity index (χ4v) is 4.37. The number of benzene rings is 3. The number of nitrogens with zero attached hydrogens (tertiary/aromatic N) is 1. The molecule has 3 aromatic rings. The highest BCUT2D eigenvalue weighted by molar-refractivity contribution is 7.87. The number of amides is 1. The minimum Gasteiger partial charge on any atom is -0.378 e. The van der Waals surface area contributed by atoms with Crippen LogP contribution in [0.5, 0.6) is 5.75 Å². The van der Waals surface area contributed by atoms with Crippen LogP contribution in [0.3, 0.4) is 0 Å². The van der Waals surface area contributed by atoms with E-state index in [0.717, 1.165) is 11.1 Å². The molecule has 5 nitrogen and oxygen atoms in total. The average Bonchev–Trinajstić information content (AvgIpc) is 3.12. The Kier molecular flexibility index (Phi) is 4.65. The van der Waals surface area contributed by atoms with Crippen LogP contribution in [0.15, 0.2) is 77.7 Å². The normalized spacial score (nSPS) is 13.2. The summed E-state index contributed by atoms with van der Waals surface area (Å²) < 4.78 is 31.4. The van der Waals surface area contributed by atoms with Crippen molar-refractivity contribution in [3.8, 4) is 16.9 Å². The van der Waals surface area contributed by atoms with E-state index >= 15 is 0 Å². The molecule has 0 unspecified atom stereocenters. The zero-order chi connectivity index (χ0) is 19.7. The summed E-state index contributed by atoms with van der Waals surface area (Å²) in [5.74, 6) is 0.154. The highest BCUT2D eigenvalue weighted by Crippen LogP contribution is 2.34. The molecular formula is C22H19NO4S. The molecule has 1 aliphatic rings. The first-order chi connectivity index (χ1) is 13.5. The molecule has 3 aromatic carbocycles. The molecule has 1 aliphatic heterocycles. The molecule has 1 amide bonds. The summed E-state index contributed by atoms with van der Waals surface area (Å²) in [5, 5.41) is 0. The van der Waals surface area contributed by atoms with Crippen LogP contribution in [0.2, 0.25) is 0 Å². The van der Waals surface area contributed by atoms with Crippen molar-refractivity contribution in [3.63, 3.8) is 0 Å². The van der Waals surface area contributed by atoms with Crippen molar-refractivity contribution in [1.82, 2.24) is 0 Å². The van der Waals surface area contributed by atoms with E-state index in [9.17, 15) is 13.2 Å². The van der Waals surface area contributed by atoms with Crippen LogP contribution in [0, 0.1) is 0 Å². The smallest absolute Gasteiger partial charge is 0.339 e. The van der Waals surface area contributed by atoms with Gasteiger partial charge in [-0.05, 0) is 35.7 Å². The van der Waals surface area contributed by atoms with E-state index in [1.165, 1.54) is 19.1 Å². The first kappa shape index (κ1) is 18.3. The van der Waals surface area contributed by atoms with Gasteiger partial charge in [0.2, 0.25) is 5.91 Å². The van der Waals surface area contributed by atoms with Gasteiger partial charge in [-0.15, -0.1) is 0 Å². The molecule has 142 valence electrons. The molecule has 0 atom stereocenters. The van der Waals surface area contributed by atoms with E-state index in [1.54, 1.807) is 23.1 Å². The second-order valence-electron chi connectivity index (χ2n) is 6.61. The van der Waals surface area contributed by atoms with Crippen LogP contribution in [-0.2, 0) is 21.3 Å². The first-order valence-corrected chi connectivity index (χ1v) is 10.4. The molecule has 0 aliphatic carbocycles. The van der Waals surface area contributed by atoms with E-state index in [2.05, 4.69) is 0 Å². The van der Waals surface area contributed by atoms with Gasteiger partial charge in [0.15, 0.2) is 5.75 Å². The molecular weight excluding hydrogens is 374 g/mol. The number of hydrogen-bond donors (Lipinski definition) is 0. The van der Waals surface area contributed by atoms with E-state index in [1.807, 2.05) is 42.5 Å². The maximum Gasteiger partial charge on any atom is 0.339 e. The summed E-state index contributed by atoms with van der Waals surface area (Å²) in [6, 6.07) is 21.3. The van der Waals surface area contributed by atoms with Crippen LogP contribution in [0.25, 0.3) is 11.1 Å². The van der Waals surface area contributed by atoms with Crippen molar-refractivity contribution in [2.24, 2.45) is 0 Å². The van der Waals surface area contributed by atoms with Crippen LogP contribution >= 0.6 is 0 Å². The SMILES string of the molecule is CC(=O)N1CCc2ccc(S(=O)(=O)Oc3ccccc3-c3ccccc3)cc21. The Morgan fingerprint density at radius 1 is 0.964 bits per heavy atom. The summed E-state index contributed by atoms with van der Waals surface area (Å²) >= 11 is 0. The average molecular weight is 393 g/mol. The number of para-hydroxylation sites is 1. The number of rotatable bonds is 4. The number of fused-ring (bicyclic) bond motifs is 1. The summed E-state index contributed by atoms with van der Waals surface area (Å²) in [4.78, 5) is 13.4. The lowest BCUT2D eigenvalue weighted by Gasteiger charge is -2.16. The van der Waals surface area contributed by atoms with Crippen molar-refractivity contribution < 1.29 is 17.4 Å². The number of anilines is 1. The van der Waals surface area contributed by atoms with E-state index in [0.29, 0.717) is 24.2 Å². The Balaban J connectivity index is 1.71. The maximum atomic E-state index is 12.9. The minimum atomic E-state index is -4.05. The van der Waals surface area contributed by atoms with E-state index < -0.39 is 10.1 Å². The molecule has 4 rings (SSSR count). The van der Waals surface area contributed by atoms with Gasteiger partial charge in [-0.2, -0.15) is 8.42 Å². The lowest BCUT2D eigenvalue weighted by Crippen LogP contribution is -2.26. The van der Waals surface area contributed by atoms with Gasteiger partial charge in [0.25, 0.3) is 0 Å². The van der Waals surface area contributed by atoms with Gasteiger partial charge in [-0.3, -0.25) is 4.79 Å². The quantitative estimate of drug-likeness (QED) is 0.628. The standard InChI is InChI=1S/C22H19NO4S/c1-16(24)23-14-13-18-11-12-19(15-21(18)23)28(25,26)27-22-10-6-5-9-20(22)17-7-3-2-4-8-17/h2-12,15H,13-14H2,1H3. The highest BCUT2D eigenvalue weighted by atomic mass is 32.2. The lowest BCUT2D eigenvalue weighted by molar-refractivity contribution is -0.116. The zero-order valence-corrected chi connectivity index (χ0v) is 16.1. The van der Waals surface area contributed by atoms with Gasteiger partial charge >= 0.3 is 10.1 Å². The van der Waals surface area contributed by atoms with Crippen molar-refractivity contribution in [3.05, 3.63) is 78.4 Å². The van der Waals surface area contributed by atoms with Crippen LogP contribution in [0.1, 0.15) is 12.5 Å². The molecule has 0 saturated heterocycles. The molecule has 0 fully saturated rings. The van der Waals surface area contributed by atoms with E-state index in [-0.39, 0.29) is 16.6 Å². The van der Waals surface area contributed by atoms with Crippen LogP contribution < -0.4 is 9.08 Å². The van der Waals surface area contributed by atoms with Gasteiger partial charge in [-0.25, -0.2) is 0 Å². The van der Waals surface area contributed by atoms with Crippen molar-refractivity contribution in [2.45, 2.75) is 18.2 Å². The van der Waals surface area contributed by atoms with Gasteiger partial charge in [0.05, 0.1) is 0 Å². The lowest BCUT2D eigenvalue weighted by atomic mass is 10.1.